The maximum Gasteiger partial charge on any atom is 0.0809 e. The molecule has 1 aromatic carbocycles. The SMILES string of the molecule is C=C1C[C@@H]2[C@H]3C/C(=C/c4ccccc4)[C@@H](O)[C@]3(C)CC[C@H]2[C@]2(C)CC[C@H](O)C[C@@H]12. The maximum absolute atomic E-state index is 11.4. The van der Waals surface area contributed by atoms with Crippen LogP contribution in [0.3, 0.4) is 0 Å². The predicted octanol–water partition coefficient (Wildman–Crippen LogP) is 5.61. The zero-order valence-electron chi connectivity index (χ0n) is 18.0. The molecule has 1 aromatic rings. The molecule has 4 saturated carbocycles. The van der Waals surface area contributed by atoms with E-state index in [1.807, 2.05) is 6.07 Å². The Morgan fingerprint density at radius 3 is 2.45 bits per heavy atom. The Bertz CT molecular complexity index is 826. The Hall–Kier alpha value is -1.38. The lowest BCUT2D eigenvalue weighted by Crippen LogP contribution is -2.55. The van der Waals surface area contributed by atoms with E-state index in [2.05, 4.69) is 50.8 Å². The molecule has 4 aliphatic carbocycles. The number of allylic oxidation sites excluding steroid dienone is 1. The van der Waals surface area contributed by atoms with Crippen LogP contribution >= 0.6 is 0 Å². The highest BCUT2D eigenvalue weighted by molar-refractivity contribution is 5.55. The fraction of sp³-hybridized carbons (Fsp3) is 0.630. The van der Waals surface area contributed by atoms with E-state index in [1.54, 1.807) is 0 Å². The number of hydrogen-bond donors (Lipinski definition) is 2. The van der Waals surface area contributed by atoms with Crippen LogP contribution in [0.4, 0.5) is 0 Å². The van der Waals surface area contributed by atoms with E-state index in [1.165, 1.54) is 23.1 Å². The van der Waals surface area contributed by atoms with E-state index in [4.69, 9.17) is 0 Å². The van der Waals surface area contributed by atoms with Gasteiger partial charge in [-0.1, -0.05) is 62.4 Å². The van der Waals surface area contributed by atoms with Crippen molar-refractivity contribution in [2.24, 2.45) is 34.5 Å². The van der Waals surface area contributed by atoms with Crippen molar-refractivity contribution in [1.29, 1.82) is 0 Å². The third-order valence-electron chi connectivity index (χ3n) is 9.62. The molecule has 29 heavy (non-hydrogen) atoms. The molecular formula is C27H36O2. The molecule has 4 fully saturated rings. The summed E-state index contributed by atoms with van der Waals surface area (Å²) in [6.45, 7) is 9.35. The van der Waals surface area contributed by atoms with Crippen LogP contribution in [-0.2, 0) is 0 Å². The predicted molar refractivity (Wildman–Crippen MR) is 118 cm³/mol. The van der Waals surface area contributed by atoms with Crippen LogP contribution in [0.25, 0.3) is 6.08 Å². The second kappa shape index (κ2) is 6.82. The summed E-state index contributed by atoms with van der Waals surface area (Å²) in [7, 11) is 0. The molecule has 0 aromatic heterocycles. The van der Waals surface area contributed by atoms with Gasteiger partial charge < -0.3 is 10.2 Å². The smallest absolute Gasteiger partial charge is 0.0809 e. The van der Waals surface area contributed by atoms with Crippen LogP contribution in [0.5, 0.6) is 0 Å². The number of hydrogen-bond acceptors (Lipinski definition) is 2. The van der Waals surface area contributed by atoms with E-state index in [9.17, 15) is 10.2 Å². The van der Waals surface area contributed by atoms with Crippen molar-refractivity contribution in [1.82, 2.24) is 0 Å². The Balaban J connectivity index is 1.48. The normalized spacial score (nSPS) is 48.1. The van der Waals surface area contributed by atoms with Gasteiger partial charge in [0.1, 0.15) is 0 Å². The molecule has 2 nitrogen and oxygen atoms in total. The highest BCUT2D eigenvalue weighted by Gasteiger charge is 2.61. The Morgan fingerprint density at radius 1 is 0.966 bits per heavy atom. The van der Waals surface area contributed by atoms with Crippen LogP contribution in [-0.4, -0.2) is 22.4 Å². The molecule has 0 unspecified atom stereocenters. The lowest BCUT2D eigenvalue weighted by atomic mass is 9.44. The first kappa shape index (κ1) is 19.6. The molecule has 2 N–H and O–H groups in total. The molecule has 4 aliphatic rings. The first-order chi connectivity index (χ1) is 13.8. The minimum absolute atomic E-state index is 0.0144. The van der Waals surface area contributed by atoms with Crippen LogP contribution < -0.4 is 0 Å². The molecule has 5 rings (SSSR count). The fourth-order valence-electron chi connectivity index (χ4n) is 7.99. The Morgan fingerprint density at radius 2 is 1.69 bits per heavy atom. The van der Waals surface area contributed by atoms with E-state index in [0.29, 0.717) is 23.7 Å². The second-order valence-electron chi connectivity index (χ2n) is 11.0. The van der Waals surface area contributed by atoms with Crippen LogP contribution in [0, 0.1) is 34.5 Å². The van der Waals surface area contributed by atoms with Gasteiger partial charge in [-0.05, 0) is 85.2 Å². The van der Waals surface area contributed by atoms with E-state index in [-0.39, 0.29) is 23.0 Å². The first-order valence-electron chi connectivity index (χ1n) is 11.6. The van der Waals surface area contributed by atoms with Gasteiger partial charge in [0.05, 0.1) is 12.2 Å². The Kier molecular flexibility index (Phi) is 4.60. The summed E-state index contributed by atoms with van der Waals surface area (Å²) in [5.74, 6) is 2.33. The summed E-state index contributed by atoms with van der Waals surface area (Å²) in [5, 5.41) is 21.7. The highest BCUT2D eigenvalue weighted by Crippen LogP contribution is 2.67. The van der Waals surface area contributed by atoms with E-state index in [0.717, 1.165) is 38.5 Å². The lowest BCUT2D eigenvalue weighted by Gasteiger charge is -2.61. The molecule has 0 spiro atoms. The molecule has 0 amide bonds. The van der Waals surface area contributed by atoms with Crippen molar-refractivity contribution in [3.05, 3.63) is 53.6 Å². The largest absolute Gasteiger partial charge is 0.393 e. The third kappa shape index (κ3) is 2.90. The minimum atomic E-state index is -0.333. The summed E-state index contributed by atoms with van der Waals surface area (Å²) in [6, 6.07) is 10.5. The monoisotopic (exact) mass is 392 g/mol. The third-order valence-corrected chi connectivity index (χ3v) is 9.62. The van der Waals surface area contributed by atoms with Crippen LogP contribution in [0.1, 0.15) is 64.4 Å². The van der Waals surface area contributed by atoms with Crippen LogP contribution in [0.15, 0.2) is 48.1 Å². The van der Waals surface area contributed by atoms with E-state index < -0.39 is 0 Å². The summed E-state index contributed by atoms with van der Waals surface area (Å²) in [5.41, 5.74) is 4.05. The molecule has 8 atom stereocenters. The number of aliphatic hydroxyl groups is 2. The van der Waals surface area contributed by atoms with Gasteiger partial charge in [0.2, 0.25) is 0 Å². The van der Waals surface area contributed by atoms with Gasteiger partial charge in [0, 0.05) is 5.41 Å². The number of rotatable bonds is 1. The highest BCUT2D eigenvalue weighted by atomic mass is 16.3. The van der Waals surface area contributed by atoms with E-state index >= 15 is 0 Å². The summed E-state index contributed by atoms with van der Waals surface area (Å²) in [4.78, 5) is 0. The summed E-state index contributed by atoms with van der Waals surface area (Å²) < 4.78 is 0. The average Bonchev–Trinajstić information content (AvgIpc) is 2.95. The number of benzene rings is 1. The quantitative estimate of drug-likeness (QED) is 0.610. The molecule has 0 aliphatic heterocycles. The number of fused-ring (bicyclic) bond motifs is 5. The lowest BCUT2D eigenvalue weighted by molar-refractivity contribution is -0.114. The van der Waals surface area contributed by atoms with Crippen molar-refractivity contribution >= 4 is 6.08 Å². The molecular weight excluding hydrogens is 356 g/mol. The van der Waals surface area contributed by atoms with Crippen molar-refractivity contribution in [3.63, 3.8) is 0 Å². The molecule has 0 heterocycles. The zero-order chi connectivity index (χ0) is 20.4. The van der Waals surface area contributed by atoms with Crippen LogP contribution in [0.2, 0.25) is 0 Å². The molecule has 156 valence electrons. The molecule has 0 saturated heterocycles. The first-order valence-corrected chi connectivity index (χ1v) is 11.6. The Labute approximate surface area is 175 Å². The zero-order valence-corrected chi connectivity index (χ0v) is 18.0. The van der Waals surface area contributed by atoms with Crippen molar-refractivity contribution < 1.29 is 10.2 Å². The molecule has 0 bridgehead atoms. The summed E-state index contributed by atoms with van der Waals surface area (Å²) in [6.07, 6.45) is 9.15. The fourth-order valence-corrected chi connectivity index (χ4v) is 7.99. The van der Waals surface area contributed by atoms with Gasteiger partial charge in [0.25, 0.3) is 0 Å². The second-order valence-corrected chi connectivity index (χ2v) is 11.0. The van der Waals surface area contributed by atoms with Gasteiger partial charge in [0.15, 0.2) is 0 Å². The van der Waals surface area contributed by atoms with Crippen molar-refractivity contribution in [3.8, 4) is 0 Å². The van der Waals surface area contributed by atoms with Crippen molar-refractivity contribution in [2.75, 3.05) is 0 Å². The number of aliphatic hydroxyl groups excluding tert-OH is 2. The molecule has 2 heteroatoms. The summed E-state index contributed by atoms with van der Waals surface area (Å²) >= 11 is 0. The minimum Gasteiger partial charge on any atom is -0.393 e. The van der Waals surface area contributed by atoms with Gasteiger partial charge in [-0.2, -0.15) is 0 Å². The molecule has 0 radical (unpaired) electrons. The topological polar surface area (TPSA) is 40.5 Å². The van der Waals surface area contributed by atoms with Gasteiger partial charge in [-0.3, -0.25) is 0 Å². The van der Waals surface area contributed by atoms with Gasteiger partial charge in [-0.25, -0.2) is 0 Å². The van der Waals surface area contributed by atoms with Crippen molar-refractivity contribution in [2.45, 2.75) is 71.0 Å². The van der Waals surface area contributed by atoms with Gasteiger partial charge >= 0.3 is 0 Å². The maximum atomic E-state index is 11.4. The standard InChI is InChI=1S/C27H36O2/c1-17-13-21-22(26(2)11-9-20(28)16-23(17)26)10-12-27(3)24(21)15-19(25(27)29)14-18-7-5-4-6-8-18/h4-8,14,20-25,28-29H,1,9-13,15-16H2,2-3H3/b19-14-/t20-,21-,22+,23-,24+,25+,26-,27+/m0/s1. The van der Waals surface area contributed by atoms with Gasteiger partial charge in [-0.15, -0.1) is 0 Å². The average molecular weight is 393 g/mol.